The highest BCUT2D eigenvalue weighted by atomic mass is 35.5. The van der Waals surface area contributed by atoms with Crippen molar-refractivity contribution in [3.63, 3.8) is 0 Å². The zero-order chi connectivity index (χ0) is 16.0. The molecule has 130 valence electrons. The summed E-state index contributed by atoms with van der Waals surface area (Å²) in [7, 11) is -7.62. The van der Waals surface area contributed by atoms with Gasteiger partial charge in [0.2, 0.25) is 20.0 Å². The lowest BCUT2D eigenvalue weighted by Gasteiger charge is -2.34. The topological polar surface area (TPSA) is 110 Å². The van der Waals surface area contributed by atoms with Crippen molar-refractivity contribution >= 4 is 32.5 Å². The van der Waals surface area contributed by atoms with Gasteiger partial charge in [-0.05, 0) is 43.5 Å². The predicted molar refractivity (Wildman–Crippen MR) is 88.3 cm³/mol. The summed E-state index contributed by atoms with van der Waals surface area (Å²) in [5.74, 6) is 0.324. The minimum Gasteiger partial charge on any atom is -0.314 e. The second kappa shape index (κ2) is 6.66. The maximum absolute atomic E-state index is 12.7. The molecule has 2 heterocycles. The van der Waals surface area contributed by atoms with E-state index in [2.05, 4.69) is 5.32 Å². The van der Waals surface area contributed by atoms with E-state index in [4.69, 9.17) is 5.14 Å². The molecule has 2 aliphatic rings. The number of nitrogens with zero attached hydrogens (tertiary/aromatic N) is 1. The van der Waals surface area contributed by atoms with Crippen LogP contribution in [0, 0.1) is 5.92 Å². The summed E-state index contributed by atoms with van der Waals surface area (Å²) in [6.45, 7) is 1.83. The van der Waals surface area contributed by atoms with E-state index >= 15 is 0 Å². The Morgan fingerprint density at radius 1 is 1.13 bits per heavy atom. The first-order valence-electron chi connectivity index (χ1n) is 7.15. The van der Waals surface area contributed by atoms with Crippen LogP contribution in [0.5, 0.6) is 0 Å². The van der Waals surface area contributed by atoms with Gasteiger partial charge in [0, 0.05) is 19.1 Å². The lowest BCUT2D eigenvalue weighted by atomic mass is 9.95. The van der Waals surface area contributed by atoms with Gasteiger partial charge in [0.25, 0.3) is 0 Å². The molecule has 0 radical (unpaired) electrons. The Bertz CT molecular complexity index is 782. The van der Waals surface area contributed by atoms with E-state index in [1.54, 1.807) is 0 Å². The number of sulfonamides is 2. The molecule has 2 unspecified atom stereocenters. The molecule has 2 atom stereocenters. The molecule has 0 aliphatic carbocycles. The minimum atomic E-state index is -3.92. The normalized spacial score (nSPS) is 25.6. The fourth-order valence-electron chi connectivity index (χ4n) is 3.19. The fourth-order valence-corrected chi connectivity index (χ4v) is 5.39. The van der Waals surface area contributed by atoms with Crippen molar-refractivity contribution in [2.45, 2.75) is 28.7 Å². The summed E-state index contributed by atoms with van der Waals surface area (Å²) in [6.07, 6.45) is 1.74. The lowest BCUT2D eigenvalue weighted by Crippen LogP contribution is -2.46. The van der Waals surface area contributed by atoms with Crippen molar-refractivity contribution in [1.82, 2.24) is 9.62 Å². The van der Waals surface area contributed by atoms with Crippen LogP contribution < -0.4 is 10.5 Å². The number of benzene rings is 1. The van der Waals surface area contributed by atoms with Gasteiger partial charge in [-0.1, -0.05) is 6.07 Å². The van der Waals surface area contributed by atoms with Gasteiger partial charge in [-0.2, -0.15) is 4.31 Å². The number of primary sulfonamides is 1. The monoisotopic (exact) mass is 381 g/mol. The van der Waals surface area contributed by atoms with E-state index in [9.17, 15) is 16.8 Å². The van der Waals surface area contributed by atoms with Crippen LogP contribution >= 0.6 is 12.4 Å². The summed E-state index contributed by atoms with van der Waals surface area (Å²) >= 11 is 0. The van der Waals surface area contributed by atoms with Crippen molar-refractivity contribution in [2.24, 2.45) is 11.1 Å². The molecule has 0 bridgehead atoms. The molecular weight excluding hydrogens is 362 g/mol. The molecule has 3 N–H and O–H groups in total. The molecule has 0 saturated carbocycles. The van der Waals surface area contributed by atoms with Gasteiger partial charge >= 0.3 is 0 Å². The molecule has 1 aromatic rings. The Balaban J connectivity index is 0.00000192. The zero-order valence-electron chi connectivity index (χ0n) is 12.4. The predicted octanol–water partition coefficient (Wildman–Crippen LogP) is 0.128. The number of hydrogen-bond acceptors (Lipinski definition) is 5. The summed E-state index contributed by atoms with van der Waals surface area (Å²) in [4.78, 5) is -0.213. The Morgan fingerprint density at radius 2 is 1.83 bits per heavy atom. The van der Waals surface area contributed by atoms with Crippen LogP contribution in [-0.4, -0.2) is 46.8 Å². The smallest absolute Gasteiger partial charge is 0.243 e. The van der Waals surface area contributed by atoms with Crippen molar-refractivity contribution in [1.29, 1.82) is 0 Å². The molecule has 1 aromatic carbocycles. The van der Waals surface area contributed by atoms with Crippen molar-refractivity contribution in [3.05, 3.63) is 24.3 Å². The highest BCUT2D eigenvalue weighted by molar-refractivity contribution is 7.90. The van der Waals surface area contributed by atoms with Crippen LogP contribution in [-0.2, 0) is 20.0 Å². The first kappa shape index (κ1) is 18.6. The quantitative estimate of drug-likeness (QED) is 0.773. The van der Waals surface area contributed by atoms with Gasteiger partial charge in [0.15, 0.2) is 0 Å². The number of halogens is 1. The fraction of sp³-hybridized carbons (Fsp3) is 0.538. The molecule has 2 aliphatic heterocycles. The third kappa shape index (κ3) is 3.70. The molecule has 7 nitrogen and oxygen atoms in total. The van der Waals surface area contributed by atoms with Crippen LogP contribution in [0.4, 0.5) is 0 Å². The van der Waals surface area contributed by atoms with E-state index in [0.717, 1.165) is 25.5 Å². The van der Waals surface area contributed by atoms with E-state index in [1.807, 2.05) is 0 Å². The third-order valence-electron chi connectivity index (χ3n) is 4.39. The zero-order valence-corrected chi connectivity index (χ0v) is 14.8. The number of nitrogens with one attached hydrogen (secondary N) is 1. The van der Waals surface area contributed by atoms with Crippen LogP contribution in [0.15, 0.2) is 34.1 Å². The molecule has 2 fully saturated rings. The molecule has 23 heavy (non-hydrogen) atoms. The van der Waals surface area contributed by atoms with Gasteiger partial charge in [0.05, 0.1) is 9.79 Å². The summed E-state index contributed by atoms with van der Waals surface area (Å²) in [5.41, 5.74) is 0. The lowest BCUT2D eigenvalue weighted by molar-refractivity contribution is 0.247. The standard InChI is InChI=1S/C13H19N3O4S2.ClH/c14-21(17,18)11-2-1-3-12(8-11)22(19,20)16-7-5-13-10(9-16)4-6-15-13;/h1-3,8,10,13,15H,4-7,9H2,(H2,14,17,18);1H. The Labute approximate surface area is 142 Å². The Kier molecular flexibility index (Phi) is 5.39. The maximum Gasteiger partial charge on any atom is 0.243 e. The highest BCUT2D eigenvalue weighted by Gasteiger charge is 2.37. The van der Waals surface area contributed by atoms with Gasteiger partial charge in [-0.3, -0.25) is 0 Å². The van der Waals surface area contributed by atoms with Gasteiger partial charge < -0.3 is 5.32 Å². The van der Waals surface area contributed by atoms with Gasteiger partial charge in [-0.25, -0.2) is 22.0 Å². The van der Waals surface area contributed by atoms with Crippen molar-refractivity contribution in [2.75, 3.05) is 19.6 Å². The minimum absolute atomic E-state index is 0. The van der Waals surface area contributed by atoms with Crippen LogP contribution in [0.2, 0.25) is 0 Å². The molecule has 0 amide bonds. The molecular formula is C13H20ClN3O4S2. The van der Waals surface area contributed by atoms with Crippen LogP contribution in [0.1, 0.15) is 12.8 Å². The molecule has 0 aromatic heterocycles. The maximum atomic E-state index is 12.7. The summed E-state index contributed by atoms with van der Waals surface area (Å²) in [5, 5.41) is 8.45. The Hall–Kier alpha value is -0.710. The number of fused-ring (bicyclic) bond motifs is 1. The Morgan fingerprint density at radius 3 is 2.52 bits per heavy atom. The van der Waals surface area contributed by atoms with E-state index in [0.29, 0.717) is 25.0 Å². The summed E-state index contributed by atoms with van der Waals surface area (Å²) in [6, 6.07) is 5.62. The number of piperidine rings is 1. The van der Waals surface area contributed by atoms with Crippen molar-refractivity contribution < 1.29 is 16.8 Å². The first-order valence-corrected chi connectivity index (χ1v) is 10.1. The number of rotatable bonds is 3. The number of hydrogen-bond donors (Lipinski definition) is 2. The van der Waals surface area contributed by atoms with E-state index in [-0.39, 0.29) is 22.2 Å². The average molecular weight is 382 g/mol. The van der Waals surface area contributed by atoms with E-state index in [1.165, 1.54) is 22.5 Å². The first-order chi connectivity index (χ1) is 10.3. The van der Waals surface area contributed by atoms with Gasteiger partial charge in [0.1, 0.15) is 0 Å². The second-order valence-electron chi connectivity index (χ2n) is 5.78. The second-order valence-corrected chi connectivity index (χ2v) is 9.28. The molecule has 3 rings (SSSR count). The van der Waals surface area contributed by atoms with Crippen LogP contribution in [0.3, 0.4) is 0 Å². The molecule has 2 saturated heterocycles. The average Bonchev–Trinajstić information content (AvgIpc) is 2.94. The number of nitrogens with two attached hydrogens (primary N) is 1. The summed E-state index contributed by atoms with van der Waals surface area (Å²) < 4.78 is 49.7. The van der Waals surface area contributed by atoms with Crippen LogP contribution in [0.25, 0.3) is 0 Å². The molecule has 0 spiro atoms. The largest absolute Gasteiger partial charge is 0.314 e. The van der Waals surface area contributed by atoms with Gasteiger partial charge in [-0.15, -0.1) is 12.4 Å². The van der Waals surface area contributed by atoms with E-state index < -0.39 is 20.0 Å². The highest BCUT2D eigenvalue weighted by Crippen LogP contribution is 2.29. The van der Waals surface area contributed by atoms with Crippen molar-refractivity contribution in [3.8, 4) is 0 Å². The SMILES string of the molecule is Cl.NS(=O)(=O)c1cccc(S(=O)(=O)N2CCC3NCCC3C2)c1. The molecule has 10 heteroatoms. The third-order valence-corrected chi connectivity index (χ3v) is 7.16.